The largest absolute Gasteiger partial charge is 0.419 e. The van der Waals surface area contributed by atoms with E-state index in [-0.39, 0.29) is 24.4 Å². The smallest absolute Gasteiger partial charge is 0.399 e. The van der Waals surface area contributed by atoms with Crippen LogP contribution in [0, 0.1) is 5.82 Å². The molecule has 0 unspecified atom stereocenters. The Morgan fingerprint density at radius 2 is 1.88 bits per heavy atom. The van der Waals surface area contributed by atoms with Gasteiger partial charge in [0, 0.05) is 23.4 Å². The van der Waals surface area contributed by atoms with Crippen LogP contribution >= 0.6 is 0 Å². The van der Waals surface area contributed by atoms with Gasteiger partial charge in [-0.1, -0.05) is 12.1 Å². The summed E-state index contributed by atoms with van der Waals surface area (Å²) < 4.78 is 52.7. The highest BCUT2D eigenvalue weighted by Gasteiger charge is 2.35. The van der Waals surface area contributed by atoms with Crippen molar-refractivity contribution in [1.82, 2.24) is 0 Å². The van der Waals surface area contributed by atoms with Crippen molar-refractivity contribution < 1.29 is 22.4 Å². The van der Waals surface area contributed by atoms with Crippen LogP contribution in [0.15, 0.2) is 36.4 Å². The molecule has 1 amide bonds. The van der Waals surface area contributed by atoms with Gasteiger partial charge in [0.2, 0.25) is 5.91 Å². The maximum Gasteiger partial charge on any atom is 0.419 e. The number of hydrogen-bond donors (Lipinski definition) is 1. The minimum atomic E-state index is -4.78. The number of benzene rings is 2. The normalized spacial score (nSPS) is 14.7. The molecule has 1 aliphatic rings. The average Bonchev–Trinajstić information content (AvgIpc) is 2.50. The molecule has 2 aromatic carbocycles. The number of carbonyl (C=O) groups is 1. The number of aryl methyl sites for hydroxylation is 1. The van der Waals surface area contributed by atoms with Gasteiger partial charge in [0.25, 0.3) is 0 Å². The minimum absolute atomic E-state index is 0.178. The Kier molecular flexibility index (Phi) is 3.95. The van der Waals surface area contributed by atoms with E-state index >= 15 is 0 Å². The molecule has 24 heavy (non-hydrogen) atoms. The molecule has 0 spiro atoms. The molecular formula is C17H14F4N2O. The number of alkyl halides is 3. The molecule has 3 rings (SSSR count). The van der Waals surface area contributed by atoms with Crippen molar-refractivity contribution in [2.45, 2.75) is 25.6 Å². The molecule has 0 atom stereocenters. The second kappa shape index (κ2) is 5.81. The first-order valence-corrected chi connectivity index (χ1v) is 7.30. The first-order chi connectivity index (χ1) is 11.3. The average molecular weight is 338 g/mol. The summed E-state index contributed by atoms with van der Waals surface area (Å²) in [6, 6.07) is 8.03. The zero-order valence-corrected chi connectivity index (χ0v) is 12.5. The molecule has 0 saturated heterocycles. The first-order valence-electron chi connectivity index (χ1n) is 7.30. The Bertz CT molecular complexity index is 802. The number of anilines is 2. The van der Waals surface area contributed by atoms with E-state index in [1.807, 2.05) is 0 Å². The molecule has 0 bridgehead atoms. The zero-order chi connectivity index (χ0) is 17.5. The van der Waals surface area contributed by atoms with Crippen molar-refractivity contribution in [3.05, 3.63) is 58.9 Å². The summed E-state index contributed by atoms with van der Waals surface area (Å²) in [5.74, 6) is -1.61. The van der Waals surface area contributed by atoms with E-state index in [1.54, 1.807) is 18.2 Å². The molecule has 0 saturated carbocycles. The fraction of sp³-hybridized carbons (Fsp3) is 0.235. The Morgan fingerprint density at radius 1 is 1.12 bits per heavy atom. The van der Waals surface area contributed by atoms with Crippen LogP contribution in [0.3, 0.4) is 0 Å². The van der Waals surface area contributed by atoms with Crippen LogP contribution in [-0.4, -0.2) is 5.91 Å². The fourth-order valence-electron chi connectivity index (χ4n) is 2.84. The third-order valence-corrected chi connectivity index (χ3v) is 4.02. The van der Waals surface area contributed by atoms with Gasteiger partial charge in [-0.05, 0) is 36.2 Å². The van der Waals surface area contributed by atoms with Crippen LogP contribution in [0.4, 0.5) is 28.9 Å². The number of nitrogen functional groups attached to an aromatic ring is 1. The predicted octanol–water partition coefficient (Wildman–Crippen LogP) is 3.91. The summed E-state index contributed by atoms with van der Waals surface area (Å²) in [6.07, 6.45) is -4.07. The Hall–Kier alpha value is -2.57. The standard InChI is InChI=1S/C17H14F4N2O/c18-16-11(2-1-3-13(16)17(19,20)21)9-23-14-6-5-12(22)8-10(14)4-7-15(23)24/h1-3,5-6,8H,4,7,9,22H2. The summed E-state index contributed by atoms with van der Waals surface area (Å²) in [7, 11) is 0. The maximum atomic E-state index is 14.2. The van der Waals surface area contributed by atoms with E-state index in [0.29, 0.717) is 23.9 Å². The number of hydrogen-bond acceptors (Lipinski definition) is 2. The molecule has 3 nitrogen and oxygen atoms in total. The van der Waals surface area contributed by atoms with E-state index in [9.17, 15) is 22.4 Å². The Morgan fingerprint density at radius 3 is 2.58 bits per heavy atom. The van der Waals surface area contributed by atoms with Crippen molar-refractivity contribution in [2.75, 3.05) is 10.6 Å². The predicted molar refractivity (Wildman–Crippen MR) is 81.8 cm³/mol. The number of carbonyl (C=O) groups excluding carboxylic acids is 1. The molecule has 7 heteroatoms. The third kappa shape index (κ3) is 2.93. The molecular weight excluding hydrogens is 324 g/mol. The van der Waals surface area contributed by atoms with Gasteiger partial charge < -0.3 is 10.6 Å². The van der Waals surface area contributed by atoms with Crippen molar-refractivity contribution in [2.24, 2.45) is 0 Å². The van der Waals surface area contributed by atoms with Crippen molar-refractivity contribution in [1.29, 1.82) is 0 Å². The molecule has 0 aromatic heterocycles. The van der Waals surface area contributed by atoms with E-state index < -0.39 is 17.6 Å². The third-order valence-electron chi connectivity index (χ3n) is 4.02. The highest BCUT2D eigenvalue weighted by Crippen LogP contribution is 2.35. The van der Waals surface area contributed by atoms with E-state index in [4.69, 9.17) is 5.73 Å². The number of amides is 1. The molecule has 126 valence electrons. The lowest BCUT2D eigenvalue weighted by Crippen LogP contribution is -2.35. The SMILES string of the molecule is Nc1ccc2c(c1)CCC(=O)N2Cc1cccc(C(F)(F)F)c1F. The zero-order valence-electron chi connectivity index (χ0n) is 12.5. The van der Waals surface area contributed by atoms with Crippen molar-refractivity contribution >= 4 is 17.3 Å². The number of rotatable bonds is 2. The fourth-order valence-corrected chi connectivity index (χ4v) is 2.84. The molecule has 0 radical (unpaired) electrons. The van der Waals surface area contributed by atoms with Gasteiger partial charge in [0.15, 0.2) is 0 Å². The van der Waals surface area contributed by atoms with Gasteiger partial charge in [0.1, 0.15) is 5.82 Å². The molecule has 2 N–H and O–H groups in total. The van der Waals surface area contributed by atoms with Crippen LogP contribution in [0.1, 0.15) is 23.1 Å². The quantitative estimate of drug-likeness (QED) is 0.667. The van der Waals surface area contributed by atoms with Gasteiger partial charge >= 0.3 is 6.18 Å². The van der Waals surface area contributed by atoms with E-state index in [2.05, 4.69) is 0 Å². The lowest BCUT2D eigenvalue weighted by molar-refractivity contribution is -0.140. The summed E-state index contributed by atoms with van der Waals surface area (Å²) in [6.45, 7) is -0.258. The summed E-state index contributed by atoms with van der Waals surface area (Å²) in [4.78, 5) is 13.5. The summed E-state index contributed by atoms with van der Waals surface area (Å²) >= 11 is 0. The van der Waals surface area contributed by atoms with E-state index in [1.165, 1.54) is 11.0 Å². The highest BCUT2D eigenvalue weighted by atomic mass is 19.4. The van der Waals surface area contributed by atoms with Gasteiger partial charge in [0.05, 0.1) is 12.1 Å². The van der Waals surface area contributed by atoms with E-state index in [0.717, 1.165) is 11.6 Å². The van der Waals surface area contributed by atoms with Crippen molar-refractivity contribution in [3.8, 4) is 0 Å². The topological polar surface area (TPSA) is 46.3 Å². The van der Waals surface area contributed by atoms with Crippen LogP contribution in [0.2, 0.25) is 0 Å². The maximum absolute atomic E-state index is 14.2. The molecule has 2 aromatic rings. The lowest BCUT2D eigenvalue weighted by atomic mass is 9.99. The van der Waals surface area contributed by atoms with Crippen LogP contribution < -0.4 is 10.6 Å². The van der Waals surface area contributed by atoms with Gasteiger partial charge in [-0.2, -0.15) is 13.2 Å². The first kappa shape index (κ1) is 16.3. The van der Waals surface area contributed by atoms with Gasteiger partial charge in [-0.3, -0.25) is 4.79 Å². The number of nitrogens with two attached hydrogens (primary N) is 1. The molecule has 0 aliphatic carbocycles. The number of fused-ring (bicyclic) bond motifs is 1. The van der Waals surface area contributed by atoms with Crippen LogP contribution in [-0.2, 0) is 23.9 Å². The highest BCUT2D eigenvalue weighted by molar-refractivity contribution is 5.96. The van der Waals surface area contributed by atoms with Gasteiger partial charge in [-0.15, -0.1) is 0 Å². The Balaban J connectivity index is 1.99. The monoisotopic (exact) mass is 338 g/mol. The molecule has 1 aliphatic heterocycles. The summed E-state index contributed by atoms with van der Waals surface area (Å²) in [5.41, 5.74) is 6.12. The Labute approximate surface area is 135 Å². The second-order valence-electron chi connectivity index (χ2n) is 5.64. The lowest BCUT2D eigenvalue weighted by Gasteiger charge is -2.30. The second-order valence-corrected chi connectivity index (χ2v) is 5.64. The number of halogens is 4. The van der Waals surface area contributed by atoms with Crippen LogP contribution in [0.25, 0.3) is 0 Å². The van der Waals surface area contributed by atoms with Gasteiger partial charge in [-0.25, -0.2) is 4.39 Å². The number of nitrogens with zero attached hydrogens (tertiary/aromatic N) is 1. The molecule has 0 fully saturated rings. The summed E-state index contributed by atoms with van der Waals surface area (Å²) in [5, 5.41) is 0. The van der Waals surface area contributed by atoms with Crippen molar-refractivity contribution in [3.63, 3.8) is 0 Å². The minimum Gasteiger partial charge on any atom is -0.399 e. The molecule has 1 heterocycles. The van der Waals surface area contributed by atoms with Crippen LogP contribution in [0.5, 0.6) is 0 Å².